The second-order valence-electron chi connectivity index (χ2n) is 7.74. The van der Waals surface area contributed by atoms with Crippen LogP contribution >= 0.6 is 24.0 Å². The Morgan fingerprint density at radius 2 is 1.73 bits per heavy atom. The van der Waals surface area contributed by atoms with Gasteiger partial charge in [-0.05, 0) is 48.1 Å². The van der Waals surface area contributed by atoms with Crippen molar-refractivity contribution in [3.63, 3.8) is 0 Å². The number of nitrogens with one attached hydrogen (secondary N) is 2. The summed E-state index contributed by atoms with van der Waals surface area (Å²) in [5, 5.41) is 6.46. The number of halogens is 4. The normalized spacial score (nSPS) is 15.1. The minimum Gasteiger partial charge on any atom is -0.381 e. The maximum Gasteiger partial charge on any atom is 0.416 e. The molecule has 1 aliphatic rings. The average Bonchev–Trinajstić information content (AvgIpc) is 2.80. The van der Waals surface area contributed by atoms with E-state index in [0.29, 0.717) is 32.1 Å². The molecule has 33 heavy (non-hydrogen) atoms. The van der Waals surface area contributed by atoms with Crippen molar-refractivity contribution in [2.75, 3.05) is 26.8 Å². The predicted molar refractivity (Wildman–Crippen MR) is 134 cm³/mol. The second-order valence-corrected chi connectivity index (χ2v) is 7.74. The van der Waals surface area contributed by atoms with Gasteiger partial charge in [-0.3, -0.25) is 4.99 Å². The van der Waals surface area contributed by atoms with E-state index in [1.165, 1.54) is 12.1 Å². The zero-order valence-corrected chi connectivity index (χ0v) is 21.0. The van der Waals surface area contributed by atoms with E-state index in [1.807, 2.05) is 12.1 Å². The van der Waals surface area contributed by atoms with Gasteiger partial charge in [0.05, 0.1) is 18.3 Å². The van der Waals surface area contributed by atoms with E-state index in [2.05, 4.69) is 27.8 Å². The Bertz CT molecular complexity index is 870. The summed E-state index contributed by atoms with van der Waals surface area (Å²) >= 11 is 0. The van der Waals surface area contributed by atoms with Gasteiger partial charge in [0.15, 0.2) is 5.96 Å². The number of guanidine groups is 1. The summed E-state index contributed by atoms with van der Waals surface area (Å²) in [5.74, 6) is 0.640. The molecule has 1 aliphatic heterocycles. The third-order valence-corrected chi connectivity index (χ3v) is 5.32. The van der Waals surface area contributed by atoms with Crippen molar-refractivity contribution >= 4 is 29.9 Å². The molecule has 0 spiro atoms. The maximum atomic E-state index is 12.7. The Morgan fingerprint density at radius 3 is 2.39 bits per heavy atom. The first-order valence-corrected chi connectivity index (χ1v) is 10.8. The molecule has 0 radical (unpaired) electrons. The lowest BCUT2D eigenvalue weighted by molar-refractivity contribution is -0.137. The lowest BCUT2D eigenvalue weighted by atomic mass is 10.1. The fraction of sp³-hybridized carbons (Fsp3) is 0.458. The monoisotopic (exact) mass is 577 g/mol. The van der Waals surface area contributed by atoms with E-state index in [1.54, 1.807) is 7.05 Å². The molecule has 0 saturated carbocycles. The van der Waals surface area contributed by atoms with E-state index in [4.69, 9.17) is 9.47 Å². The number of hydrogen-bond donors (Lipinski definition) is 2. The van der Waals surface area contributed by atoms with Gasteiger partial charge in [0, 0.05) is 33.4 Å². The number of aliphatic imine (C=N–C) groups is 1. The Kier molecular flexibility index (Phi) is 11.4. The summed E-state index contributed by atoms with van der Waals surface area (Å²) in [7, 11) is 1.69. The highest BCUT2D eigenvalue weighted by atomic mass is 127. The van der Waals surface area contributed by atoms with Gasteiger partial charge in [-0.15, -0.1) is 24.0 Å². The average molecular weight is 577 g/mol. The first-order chi connectivity index (χ1) is 15.4. The zero-order valence-electron chi connectivity index (χ0n) is 18.7. The van der Waals surface area contributed by atoms with Crippen molar-refractivity contribution in [3.05, 3.63) is 70.8 Å². The molecule has 0 aliphatic carbocycles. The van der Waals surface area contributed by atoms with E-state index in [9.17, 15) is 13.2 Å². The minimum atomic E-state index is -4.31. The highest BCUT2D eigenvalue weighted by Crippen LogP contribution is 2.29. The number of benzene rings is 2. The Hall–Kier alpha value is -1.85. The van der Waals surface area contributed by atoms with Crippen LogP contribution in [0.5, 0.6) is 0 Å². The molecular formula is C24H31F3IN3O2. The van der Waals surface area contributed by atoms with E-state index >= 15 is 0 Å². The van der Waals surface area contributed by atoms with Crippen molar-refractivity contribution in [2.45, 2.75) is 44.7 Å². The lowest BCUT2D eigenvalue weighted by Crippen LogP contribution is -2.37. The van der Waals surface area contributed by atoms with Gasteiger partial charge in [0.2, 0.25) is 0 Å². The van der Waals surface area contributed by atoms with Crippen molar-refractivity contribution < 1.29 is 22.6 Å². The molecule has 2 N–H and O–H groups in total. The van der Waals surface area contributed by atoms with Crippen molar-refractivity contribution in [1.29, 1.82) is 0 Å². The standard InChI is InChI=1S/C24H30F3N3O2.HI/c1-28-23(29-12-9-18-5-7-21(8-6-18)24(25,26)27)30-16-19-3-2-4-20(15-19)17-32-22-10-13-31-14-11-22;/h2-8,15,22H,9-14,16-17H2,1H3,(H2,28,29,30);1H. The van der Waals surface area contributed by atoms with Crippen LogP contribution < -0.4 is 10.6 Å². The molecule has 0 aromatic heterocycles. The molecule has 2 aromatic carbocycles. The van der Waals surface area contributed by atoms with Crippen molar-refractivity contribution in [2.24, 2.45) is 4.99 Å². The fourth-order valence-electron chi connectivity index (χ4n) is 3.48. The van der Waals surface area contributed by atoms with Crippen LogP contribution in [-0.4, -0.2) is 38.9 Å². The van der Waals surface area contributed by atoms with Crippen molar-refractivity contribution in [3.8, 4) is 0 Å². The largest absolute Gasteiger partial charge is 0.416 e. The highest BCUT2D eigenvalue weighted by molar-refractivity contribution is 14.0. The van der Waals surface area contributed by atoms with Crippen LogP contribution in [0, 0.1) is 0 Å². The summed E-state index contributed by atoms with van der Waals surface area (Å²) in [5.41, 5.74) is 2.44. The molecule has 182 valence electrons. The Morgan fingerprint density at radius 1 is 1.03 bits per heavy atom. The molecule has 3 rings (SSSR count). The first-order valence-electron chi connectivity index (χ1n) is 10.8. The number of hydrogen-bond acceptors (Lipinski definition) is 3. The zero-order chi connectivity index (χ0) is 22.8. The molecule has 0 atom stereocenters. The molecule has 0 amide bonds. The number of rotatable bonds is 8. The van der Waals surface area contributed by atoms with Crippen LogP contribution in [0.3, 0.4) is 0 Å². The lowest BCUT2D eigenvalue weighted by Gasteiger charge is -2.22. The highest BCUT2D eigenvalue weighted by Gasteiger charge is 2.29. The van der Waals surface area contributed by atoms with Gasteiger partial charge in [0.1, 0.15) is 0 Å². The molecule has 1 heterocycles. The van der Waals surface area contributed by atoms with Crippen LogP contribution in [0.4, 0.5) is 13.2 Å². The van der Waals surface area contributed by atoms with E-state index in [0.717, 1.165) is 54.9 Å². The molecule has 0 bridgehead atoms. The van der Waals surface area contributed by atoms with Gasteiger partial charge in [-0.1, -0.05) is 36.4 Å². The molecule has 2 aromatic rings. The summed E-state index contributed by atoms with van der Waals surface area (Å²) in [6.45, 7) is 3.27. The van der Waals surface area contributed by atoms with Gasteiger partial charge in [0.25, 0.3) is 0 Å². The Labute approximate surface area is 210 Å². The maximum absolute atomic E-state index is 12.7. The SMILES string of the molecule is CN=C(NCCc1ccc(C(F)(F)F)cc1)NCc1cccc(COC2CCOCC2)c1.I. The Balaban J connectivity index is 0.00000385. The van der Waals surface area contributed by atoms with E-state index in [-0.39, 0.29) is 30.1 Å². The summed E-state index contributed by atoms with van der Waals surface area (Å²) in [4.78, 5) is 4.21. The predicted octanol–water partition coefficient (Wildman–Crippen LogP) is 4.93. The third kappa shape index (κ3) is 9.50. The van der Waals surface area contributed by atoms with Crippen molar-refractivity contribution in [1.82, 2.24) is 10.6 Å². The summed E-state index contributed by atoms with van der Waals surface area (Å²) in [6, 6.07) is 13.5. The molecule has 1 saturated heterocycles. The first kappa shape index (κ1) is 27.4. The van der Waals surface area contributed by atoms with Crippen LogP contribution in [-0.2, 0) is 35.2 Å². The molecule has 9 heteroatoms. The van der Waals surface area contributed by atoms with Gasteiger partial charge < -0.3 is 20.1 Å². The number of nitrogens with zero attached hydrogens (tertiary/aromatic N) is 1. The van der Waals surface area contributed by atoms with Crippen LogP contribution in [0.25, 0.3) is 0 Å². The topological polar surface area (TPSA) is 54.9 Å². The molecule has 1 fully saturated rings. The molecular weight excluding hydrogens is 546 g/mol. The summed E-state index contributed by atoms with van der Waals surface area (Å²) < 4.78 is 49.3. The quantitative estimate of drug-likeness (QED) is 0.266. The third-order valence-electron chi connectivity index (χ3n) is 5.32. The smallest absolute Gasteiger partial charge is 0.381 e. The molecule has 5 nitrogen and oxygen atoms in total. The fourth-order valence-corrected chi connectivity index (χ4v) is 3.48. The van der Waals surface area contributed by atoms with E-state index < -0.39 is 11.7 Å². The van der Waals surface area contributed by atoms with Crippen LogP contribution in [0.2, 0.25) is 0 Å². The molecule has 0 unspecified atom stereocenters. The van der Waals surface area contributed by atoms with Gasteiger partial charge in [-0.2, -0.15) is 13.2 Å². The number of ether oxygens (including phenoxy) is 2. The van der Waals surface area contributed by atoms with Crippen LogP contribution in [0.1, 0.15) is 35.1 Å². The van der Waals surface area contributed by atoms with Gasteiger partial charge in [-0.25, -0.2) is 0 Å². The number of alkyl halides is 3. The minimum absolute atomic E-state index is 0. The van der Waals surface area contributed by atoms with Gasteiger partial charge >= 0.3 is 6.18 Å². The second kappa shape index (κ2) is 13.8. The van der Waals surface area contributed by atoms with Crippen LogP contribution in [0.15, 0.2) is 53.5 Å². The summed E-state index contributed by atoms with van der Waals surface area (Å²) in [6.07, 6.45) is -1.57.